The number of nitrogens with zero attached hydrogens (tertiary/aromatic N) is 1. The van der Waals surface area contributed by atoms with Gasteiger partial charge in [-0.25, -0.2) is 0 Å². The first-order chi connectivity index (χ1) is 8.68. The molecule has 3 rings (SSSR count). The maximum Gasteiger partial charge on any atom is 0.307 e. The summed E-state index contributed by atoms with van der Waals surface area (Å²) in [6, 6.07) is 2.22. The first-order valence-electron chi connectivity index (χ1n) is 6.24. The number of hydrogen-bond acceptors (Lipinski definition) is 3. The highest BCUT2D eigenvalue weighted by molar-refractivity contribution is 7.07. The van der Waals surface area contributed by atoms with E-state index in [1.807, 2.05) is 10.3 Å². The van der Waals surface area contributed by atoms with Crippen molar-refractivity contribution in [2.24, 2.45) is 11.8 Å². The van der Waals surface area contributed by atoms with E-state index in [-0.39, 0.29) is 17.9 Å². The van der Waals surface area contributed by atoms with E-state index in [1.165, 1.54) is 5.56 Å². The van der Waals surface area contributed by atoms with Crippen LogP contribution in [-0.4, -0.2) is 28.4 Å². The first kappa shape index (κ1) is 11.7. The molecule has 0 aromatic carbocycles. The first-order valence-corrected chi connectivity index (χ1v) is 7.18. The molecule has 4 nitrogen and oxygen atoms in total. The van der Waals surface area contributed by atoms with Gasteiger partial charge >= 0.3 is 5.97 Å². The highest BCUT2D eigenvalue weighted by Crippen LogP contribution is 2.43. The van der Waals surface area contributed by atoms with E-state index < -0.39 is 11.9 Å². The Morgan fingerprint density at radius 2 is 2.22 bits per heavy atom. The van der Waals surface area contributed by atoms with Crippen LogP contribution in [0.5, 0.6) is 0 Å². The molecule has 5 heteroatoms. The number of carbonyl (C=O) groups is 2. The molecule has 2 fully saturated rings. The van der Waals surface area contributed by atoms with E-state index in [2.05, 4.69) is 11.4 Å². The molecular weight excluding hydrogens is 250 g/mol. The highest BCUT2D eigenvalue weighted by Gasteiger charge is 2.51. The lowest BCUT2D eigenvalue weighted by molar-refractivity contribution is -0.142. The molecule has 2 aliphatic rings. The van der Waals surface area contributed by atoms with Gasteiger partial charge in [-0.3, -0.25) is 9.59 Å². The Kier molecular flexibility index (Phi) is 2.86. The van der Waals surface area contributed by atoms with Crippen molar-refractivity contribution in [2.75, 3.05) is 6.54 Å². The summed E-state index contributed by atoms with van der Waals surface area (Å²) in [4.78, 5) is 25.0. The molecule has 1 N–H and O–H groups in total. The number of carboxylic acid groups (broad SMARTS) is 1. The maximum atomic E-state index is 12.3. The van der Waals surface area contributed by atoms with Crippen molar-refractivity contribution in [3.05, 3.63) is 22.4 Å². The molecule has 1 aliphatic heterocycles. The van der Waals surface area contributed by atoms with Crippen LogP contribution in [0.15, 0.2) is 16.8 Å². The van der Waals surface area contributed by atoms with E-state index in [4.69, 9.17) is 5.11 Å². The predicted octanol–water partition coefficient (Wildman–Crippen LogP) is 2.13. The van der Waals surface area contributed by atoms with Crippen LogP contribution < -0.4 is 0 Å². The Morgan fingerprint density at radius 1 is 1.39 bits per heavy atom. The van der Waals surface area contributed by atoms with Crippen molar-refractivity contribution in [3.63, 3.8) is 0 Å². The second kappa shape index (κ2) is 4.39. The van der Waals surface area contributed by atoms with Crippen LogP contribution in [0.25, 0.3) is 0 Å². The van der Waals surface area contributed by atoms with Gasteiger partial charge in [0.2, 0.25) is 5.91 Å². The quantitative estimate of drug-likeness (QED) is 0.911. The Bertz CT molecular complexity index is 471. The van der Waals surface area contributed by atoms with Gasteiger partial charge in [-0.05, 0) is 41.7 Å². The number of hydrogen-bond donors (Lipinski definition) is 1. The molecule has 0 radical (unpaired) electrons. The van der Waals surface area contributed by atoms with Crippen molar-refractivity contribution < 1.29 is 14.7 Å². The molecular formula is C13H15NO3S. The lowest BCUT2D eigenvalue weighted by Gasteiger charge is -2.24. The Labute approximate surface area is 109 Å². The average Bonchev–Trinajstić information content (AvgIpc) is 2.78. The fourth-order valence-corrected chi connectivity index (χ4v) is 3.50. The van der Waals surface area contributed by atoms with E-state index in [0.29, 0.717) is 6.42 Å². The second-order valence-corrected chi connectivity index (χ2v) is 5.81. The van der Waals surface area contributed by atoms with Crippen LogP contribution in [0.2, 0.25) is 0 Å². The fourth-order valence-electron chi connectivity index (χ4n) is 2.80. The van der Waals surface area contributed by atoms with Crippen LogP contribution in [-0.2, 0) is 9.59 Å². The summed E-state index contributed by atoms with van der Waals surface area (Å²) in [7, 11) is 0. The van der Waals surface area contributed by atoms with Crippen LogP contribution in [0, 0.1) is 11.8 Å². The van der Waals surface area contributed by atoms with Gasteiger partial charge in [-0.2, -0.15) is 11.3 Å². The molecule has 1 saturated carbocycles. The topological polar surface area (TPSA) is 57.6 Å². The zero-order chi connectivity index (χ0) is 12.7. The largest absolute Gasteiger partial charge is 0.481 e. The van der Waals surface area contributed by atoms with E-state index in [1.54, 1.807) is 11.3 Å². The van der Waals surface area contributed by atoms with Crippen LogP contribution in [0.1, 0.15) is 30.9 Å². The smallest absolute Gasteiger partial charge is 0.307 e. The zero-order valence-corrected chi connectivity index (χ0v) is 10.7. The summed E-state index contributed by atoms with van der Waals surface area (Å²) in [5.41, 5.74) is 1.19. The minimum Gasteiger partial charge on any atom is -0.481 e. The summed E-state index contributed by atoms with van der Waals surface area (Å²) in [5.74, 6) is -1.52. The summed E-state index contributed by atoms with van der Waals surface area (Å²) in [6.45, 7) is 0.766. The third kappa shape index (κ3) is 1.92. The minimum absolute atomic E-state index is 0.0381. The van der Waals surface area contributed by atoms with E-state index in [0.717, 1.165) is 19.4 Å². The summed E-state index contributed by atoms with van der Waals surface area (Å²) < 4.78 is 0. The average molecular weight is 265 g/mol. The number of carboxylic acids is 1. The molecule has 1 aliphatic carbocycles. The number of carbonyl (C=O) groups excluding carboxylic acids is 1. The number of amides is 1. The van der Waals surface area contributed by atoms with Gasteiger partial charge in [-0.15, -0.1) is 0 Å². The molecule has 2 heterocycles. The summed E-state index contributed by atoms with van der Waals surface area (Å²) in [6.07, 6.45) is 2.52. The summed E-state index contributed by atoms with van der Waals surface area (Å²) in [5, 5.41) is 13.0. The molecule has 1 unspecified atom stereocenters. The third-order valence-corrected chi connectivity index (χ3v) is 4.59. The van der Waals surface area contributed by atoms with Crippen molar-refractivity contribution in [2.45, 2.75) is 25.3 Å². The van der Waals surface area contributed by atoms with Gasteiger partial charge in [0, 0.05) is 6.54 Å². The van der Waals surface area contributed by atoms with Crippen LogP contribution >= 0.6 is 11.3 Å². The molecule has 0 spiro atoms. The lowest BCUT2D eigenvalue weighted by Crippen LogP contribution is -2.32. The third-order valence-electron chi connectivity index (χ3n) is 3.89. The number of rotatable bonds is 3. The molecule has 1 aromatic heterocycles. The molecule has 18 heavy (non-hydrogen) atoms. The molecule has 3 atom stereocenters. The SMILES string of the molecule is O=C(O)[C@H]1C[C@H]1C(=O)N1CCCC1c1ccsc1. The molecule has 1 aromatic rings. The number of thiophene rings is 1. The Balaban J connectivity index is 1.72. The summed E-state index contributed by atoms with van der Waals surface area (Å²) >= 11 is 1.64. The highest BCUT2D eigenvalue weighted by atomic mass is 32.1. The van der Waals surface area contributed by atoms with Crippen molar-refractivity contribution in [3.8, 4) is 0 Å². The van der Waals surface area contributed by atoms with Crippen molar-refractivity contribution >= 4 is 23.2 Å². The van der Waals surface area contributed by atoms with Gasteiger partial charge in [0.05, 0.1) is 17.9 Å². The molecule has 96 valence electrons. The molecule has 1 amide bonds. The number of aliphatic carboxylic acids is 1. The van der Waals surface area contributed by atoms with Gasteiger partial charge in [0.15, 0.2) is 0 Å². The Hall–Kier alpha value is -1.36. The van der Waals surface area contributed by atoms with Crippen molar-refractivity contribution in [1.82, 2.24) is 4.90 Å². The number of likely N-dealkylation sites (tertiary alicyclic amines) is 1. The monoisotopic (exact) mass is 265 g/mol. The lowest BCUT2D eigenvalue weighted by atomic mass is 10.1. The minimum atomic E-state index is -0.834. The van der Waals surface area contributed by atoms with Gasteiger partial charge in [0.1, 0.15) is 0 Å². The van der Waals surface area contributed by atoms with E-state index in [9.17, 15) is 9.59 Å². The zero-order valence-electron chi connectivity index (χ0n) is 9.91. The fraction of sp³-hybridized carbons (Fsp3) is 0.538. The maximum absolute atomic E-state index is 12.3. The van der Waals surface area contributed by atoms with Crippen LogP contribution in [0.4, 0.5) is 0 Å². The van der Waals surface area contributed by atoms with Crippen LogP contribution in [0.3, 0.4) is 0 Å². The van der Waals surface area contributed by atoms with E-state index >= 15 is 0 Å². The molecule has 0 bridgehead atoms. The second-order valence-electron chi connectivity index (χ2n) is 5.03. The van der Waals surface area contributed by atoms with Gasteiger partial charge in [-0.1, -0.05) is 0 Å². The van der Waals surface area contributed by atoms with Gasteiger partial charge < -0.3 is 10.0 Å². The normalized spacial score (nSPS) is 30.4. The van der Waals surface area contributed by atoms with Crippen molar-refractivity contribution in [1.29, 1.82) is 0 Å². The Morgan fingerprint density at radius 3 is 2.83 bits per heavy atom. The molecule has 1 saturated heterocycles. The van der Waals surface area contributed by atoms with Gasteiger partial charge in [0.25, 0.3) is 0 Å². The predicted molar refractivity (Wildman–Crippen MR) is 67.2 cm³/mol. The standard InChI is InChI=1S/C13H15NO3S/c15-12(9-6-10(9)13(16)17)14-4-1-2-11(14)8-3-5-18-7-8/h3,5,7,9-11H,1-2,4,6H2,(H,16,17)/t9-,10+,11?/m1/s1.